The molecule has 150 valence electrons. The summed E-state index contributed by atoms with van der Waals surface area (Å²) >= 11 is 0. The number of rotatable bonds is 4. The van der Waals surface area contributed by atoms with Crippen LogP contribution in [0, 0.1) is 0 Å². The summed E-state index contributed by atoms with van der Waals surface area (Å²) in [6.45, 7) is 3.34. The second kappa shape index (κ2) is 8.13. The van der Waals surface area contributed by atoms with Gasteiger partial charge in [0.05, 0.1) is 6.04 Å². The molecule has 1 aliphatic rings. The zero-order valence-electron chi connectivity index (χ0n) is 16.9. The SMILES string of the molecule is CC(NC(=O)NCC1Cc2ccc(O)cc2CN1C)c1ccc2ccccc2c1. The molecule has 5 nitrogen and oxygen atoms in total. The number of nitrogens with zero attached hydrogens (tertiary/aromatic N) is 1. The first-order chi connectivity index (χ1) is 14.0. The van der Waals surface area contributed by atoms with Gasteiger partial charge in [0.1, 0.15) is 5.75 Å². The predicted molar refractivity (Wildman–Crippen MR) is 116 cm³/mol. The molecule has 1 aliphatic heterocycles. The molecule has 1 heterocycles. The fourth-order valence-corrected chi connectivity index (χ4v) is 4.01. The molecule has 5 heteroatoms. The van der Waals surface area contributed by atoms with Crippen LogP contribution in [0.25, 0.3) is 10.8 Å². The van der Waals surface area contributed by atoms with Crippen LogP contribution in [0.5, 0.6) is 5.75 Å². The second-order valence-electron chi connectivity index (χ2n) is 7.91. The van der Waals surface area contributed by atoms with Gasteiger partial charge in [0.15, 0.2) is 0 Å². The van der Waals surface area contributed by atoms with Crippen molar-refractivity contribution in [1.29, 1.82) is 0 Å². The Hall–Kier alpha value is -3.05. The van der Waals surface area contributed by atoms with Gasteiger partial charge >= 0.3 is 6.03 Å². The van der Waals surface area contributed by atoms with Gasteiger partial charge in [-0.15, -0.1) is 0 Å². The molecule has 0 spiro atoms. The van der Waals surface area contributed by atoms with Crippen LogP contribution in [0.3, 0.4) is 0 Å². The lowest BCUT2D eigenvalue weighted by Gasteiger charge is -2.34. The lowest BCUT2D eigenvalue weighted by Crippen LogP contribution is -2.48. The summed E-state index contributed by atoms with van der Waals surface area (Å²) in [5.41, 5.74) is 3.47. The molecule has 2 unspecified atom stereocenters. The van der Waals surface area contributed by atoms with E-state index >= 15 is 0 Å². The predicted octanol–water partition coefficient (Wildman–Crippen LogP) is 3.96. The number of fused-ring (bicyclic) bond motifs is 2. The Morgan fingerprint density at radius 3 is 2.72 bits per heavy atom. The number of amides is 2. The molecule has 29 heavy (non-hydrogen) atoms. The van der Waals surface area contributed by atoms with E-state index in [0.717, 1.165) is 24.1 Å². The van der Waals surface area contributed by atoms with Gasteiger partial charge in [0, 0.05) is 19.1 Å². The Kier molecular flexibility index (Phi) is 5.41. The van der Waals surface area contributed by atoms with Gasteiger partial charge < -0.3 is 15.7 Å². The average Bonchev–Trinajstić information content (AvgIpc) is 2.71. The third-order valence-electron chi connectivity index (χ3n) is 5.81. The van der Waals surface area contributed by atoms with Crippen LogP contribution in [0.15, 0.2) is 60.7 Å². The van der Waals surface area contributed by atoms with E-state index in [0.29, 0.717) is 12.3 Å². The van der Waals surface area contributed by atoms with Crippen molar-refractivity contribution < 1.29 is 9.90 Å². The number of hydrogen-bond acceptors (Lipinski definition) is 3. The Balaban J connectivity index is 1.34. The average molecular weight is 389 g/mol. The van der Waals surface area contributed by atoms with Crippen molar-refractivity contribution >= 4 is 16.8 Å². The van der Waals surface area contributed by atoms with Gasteiger partial charge in [-0.1, -0.05) is 42.5 Å². The number of urea groups is 1. The zero-order chi connectivity index (χ0) is 20.4. The lowest BCUT2D eigenvalue weighted by atomic mass is 9.94. The lowest BCUT2D eigenvalue weighted by molar-refractivity contribution is 0.202. The van der Waals surface area contributed by atoms with Gasteiger partial charge in [0.2, 0.25) is 0 Å². The highest BCUT2D eigenvalue weighted by atomic mass is 16.3. The number of phenols is 1. The molecule has 0 fully saturated rings. The van der Waals surface area contributed by atoms with Crippen LogP contribution < -0.4 is 10.6 Å². The van der Waals surface area contributed by atoms with E-state index in [1.807, 2.05) is 31.2 Å². The molecular weight excluding hydrogens is 362 g/mol. The van der Waals surface area contributed by atoms with Crippen molar-refractivity contribution in [2.24, 2.45) is 0 Å². The van der Waals surface area contributed by atoms with Crippen molar-refractivity contribution in [1.82, 2.24) is 15.5 Å². The van der Waals surface area contributed by atoms with Crippen LogP contribution in [-0.4, -0.2) is 35.7 Å². The molecule has 2 amide bonds. The maximum absolute atomic E-state index is 12.5. The number of carbonyl (C=O) groups is 1. The molecule has 0 aromatic heterocycles. The summed E-state index contributed by atoms with van der Waals surface area (Å²) in [5.74, 6) is 0.302. The summed E-state index contributed by atoms with van der Waals surface area (Å²) in [5, 5.41) is 18.1. The molecule has 3 aromatic carbocycles. The third-order valence-corrected chi connectivity index (χ3v) is 5.81. The molecule has 0 bridgehead atoms. The molecular formula is C24H27N3O2. The van der Waals surface area contributed by atoms with E-state index in [9.17, 15) is 9.90 Å². The molecule has 0 saturated heterocycles. The minimum atomic E-state index is -0.157. The summed E-state index contributed by atoms with van der Waals surface area (Å²) in [4.78, 5) is 14.7. The first-order valence-electron chi connectivity index (χ1n) is 10.0. The molecule has 0 radical (unpaired) electrons. The van der Waals surface area contributed by atoms with Crippen molar-refractivity contribution in [3.63, 3.8) is 0 Å². The van der Waals surface area contributed by atoms with E-state index in [2.05, 4.69) is 52.9 Å². The van der Waals surface area contributed by atoms with E-state index in [1.54, 1.807) is 6.07 Å². The Bertz CT molecular complexity index is 1030. The van der Waals surface area contributed by atoms with E-state index in [4.69, 9.17) is 0 Å². The minimum absolute atomic E-state index is 0.0765. The second-order valence-corrected chi connectivity index (χ2v) is 7.91. The molecule has 4 rings (SSSR count). The number of carbonyl (C=O) groups excluding carboxylic acids is 1. The number of phenolic OH excluding ortho intramolecular Hbond substituents is 1. The quantitative estimate of drug-likeness (QED) is 0.633. The van der Waals surface area contributed by atoms with Crippen LogP contribution in [0.1, 0.15) is 29.7 Å². The highest BCUT2D eigenvalue weighted by Crippen LogP contribution is 2.25. The maximum Gasteiger partial charge on any atom is 0.315 e. The van der Waals surface area contributed by atoms with E-state index in [-0.39, 0.29) is 18.1 Å². The maximum atomic E-state index is 12.5. The first-order valence-corrected chi connectivity index (χ1v) is 10.0. The van der Waals surface area contributed by atoms with Gasteiger partial charge in [-0.05, 0) is 66.1 Å². The monoisotopic (exact) mass is 389 g/mol. The van der Waals surface area contributed by atoms with Gasteiger partial charge in [-0.3, -0.25) is 4.90 Å². The van der Waals surface area contributed by atoms with Gasteiger partial charge in [-0.2, -0.15) is 0 Å². The smallest absolute Gasteiger partial charge is 0.315 e. The number of nitrogens with one attached hydrogen (secondary N) is 2. The highest BCUT2D eigenvalue weighted by Gasteiger charge is 2.24. The molecule has 2 atom stereocenters. The van der Waals surface area contributed by atoms with Crippen molar-refractivity contribution in [3.05, 3.63) is 77.4 Å². The molecule has 0 aliphatic carbocycles. The van der Waals surface area contributed by atoms with Gasteiger partial charge in [0.25, 0.3) is 0 Å². The standard InChI is InChI=1S/C24H27N3O2/c1-16(18-8-7-17-5-3-4-6-19(17)11-18)26-24(29)25-14-22-12-20-9-10-23(28)13-21(20)15-27(22)2/h3-11,13,16,22,28H,12,14-15H2,1-2H3,(H2,25,26,29). The van der Waals surface area contributed by atoms with Crippen LogP contribution in [-0.2, 0) is 13.0 Å². The van der Waals surface area contributed by atoms with Crippen LogP contribution in [0.2, 0.25) is 0 Å². The van der Waals surface area contributed by atoms with Crippen molar-refractivity contribution in [2.75, 3.05) is 13.6 Å². The van der Waals surface area contributed by atoms with Crippen molar-refractivity contribution in [3.8, 4) is 5.75 Å². The third kappa shape index (κ3) is 4.35. The summed E-state index contributed by atoms with van der Waals surface area (Å²) in [6, 6.07) is 20.0. The van der Waals surface area contributed by atoms with Gasteiger partial charge in [-0.25, -0.2) is 4.79 Å². The normalized spacial score (nSPS) is 17.5. The Labute approximate surface area is 171 Å². The summed E-state index contributed by atoms with van der Waals surface area (Å²) in [6.07, 6.45) is 0.854. The molecule has 0 saturated carbocycles. The Morgan fingerprint density at radius 1 is 1.10 bits per heavy atom. The van der Waals surface area contributed by atoms with E-state index in [1.165, 1.54) is 16.3 Å². The number of likely N-dealkylation sites (N-methyl/N-ethyl adjacent to an activating group) is 1. The van der Waals surface area contributed by atoms with E-state index < -0.39 is 0 Å². The largest absolute Gasteiger partial charge is 0.508 e. The summed E-state index contributed by atoms with van der Waals surface area (Å²) < 4.78 is 0. The zero-order valence-corrected chi connectivity index (χ0v) is 16.9. The van der Waals surface area contributed by atoms with Crippen LogP contribution in [0.4, 0.5) is 4.79 Å². The molecule has 3 aromatic rings. The first kappa shape index (κ1) is 19.3. The number of aromatic hydroxyl groups is 1. The Morgan fingerprint density at radius 2 is 1.90 bits per heavy atom. The fourth-order valence-electron chi connectivity index (χ4n) is 4.01. The topological polar surface area (TPSA) is 64.6 Å². The number of hydrogen-bond donors (Lipinski definition) is 3. The number of benzene rings is 3. The molecule has 3 N–H and O–H groups in total. The highest BCUT2D eigenvalue weighted by molar-refractivity contribution is 5.83. The van der Waals surface area contributed by atoms with Crippen molar-refractivity contribution in [2.45, 2.75) is 32.0 Å². The summed E-state index contributed by atoms with van der Waals surface area (Å²) in [7, 11) is 2.05. The van der Waals surface area contributed by atoms with Crippen LogP contribution >= 0.6 is 0 Å². The minimum Gasteiger partial charge on any atom is -0.508 e. The fraction of sp³-hybridized carbons (Fsp3) is 0.292.